The first kappa shape index (κ1) is 23.0. The lowest BCUT2D eigenvalue weighted by Crippen LogP contribution is -2.20. The van der Waals surface area contributed by atoms with Gasteiger partial charge in [0, 0.05) is 35.7 Å². The van der Waals surface area contributed by atoms with Crippen molar-refractivity contribution in [3.8, 4) is 0 Å². The van der Waals surface area contributed by atoms with Crippen molar-refractivity contribution in [2.24, 2.45) is 10.8 Å². The van der Waals surface area contributed by atoms with Crippen molar-refractivity contribution < 1.29 is 9.59 Å². The Hall–Kier alpha value is 0.0400. The Labute approximate surface area is 151 Å². The highest BCUT2D eigenvalue weighted by atomic mass is 33.1. The highest BCUT2D eigenvalue weighted by Gasteiger charge is 2.20. The van der Waals surface area contributed by atoms with E-state index in [1.165, 1.54) is 0 Å². The maximum atomic E-state index is 11.9. The third-order valence-corrected chi connectivity index (χ3v) is 6.66. The summed E-state index contributed by atoms with van der Waals surface area (Å²) in [5.74, 6) is 1.59. The summed E-state index contributed by atoms with van der Waals surface area (Å²) in [4.78, 5) is 23.7. The molecule has 0 rings (SSSR count). The lowest BCUT2D eigenvalue weighted by Gasteiger charge is -2.17. The van der Waals surface area contributed by atoms with Crippen LogP contribution in [0.1, 0.15) is 87.0 Å². The third kappa shape index (κ3) is 14.1. The molecule has 4 heteroatoms. The fraction of sp³-hybridized carbons (Fsp3) is 0.895. The SMILES string of the molecule is CC(CCC(=O)CCCC(C)(C)C)SSCCC(=O)C(C)(C)C. The fourth-order valence-corrected chi connectivity index (χ4v) is 4.36. The number of Topliss-reactive ketones (excluding diaryl/α,β-unsaturated/α-hetero) is 2. The molecule has 0 aromatic rings. The molecule has 136 valence electrons. The third-order valence-electron chi connectivity index (χ3n) is 3.69. The van der Waals surface area contributed by atoms with E-state index in [4.69, 9.17) is 0 Å². The molecule has 23 heavy (non-hydrogen) atoms. The van der Waals surface area contributed by atoms with Gasteiger partial charge in [-0.3, -0.25) is 9.59 Å². The molecular formula is C19H36O2S2. The van der Waals surface area contributed by atoms with Crippen LogP contribution in [0.3, 0.4) is 0 Å². The summed E-state index contributed by atoms with van der Waals surface area (Å²) < 4.78 is 0. The van der Waals surface area contributed by atoms with Crippen LogP contribution in [0.5, 0.6) is 0 Å². The molecule has 0 aliphatic carbocycles. The minimum absolute atomic E-state index is 0.226. The first-order valence-corrected chi connectivity index (χ1v) is 11.1. The van der Waals surface area contributed by atoms with Gasteiger partial charge in [-0.2, -0.15) is 0 Å². The van der Waals surface area contributed by atoms with Gasteiger partial charge in [0.2, 0.25) is 0 Å². The Morgan fingerprint density at radius 1 is 0.957 bits per heavy atom. The zero-order valence-electron chi connectivity index (χ0n) is 16.2. The molecule has 0 bridgehead atoms. The average molecular weight is 361 g/mol. The topological polar surface area (TPSA) is 34.1 Å². The summed E-state index contributed by atoms with van der Waals surface area (Å²) in [6, 6.07) is 0. The quantitative estimate of drug-likeness (QED) is 0.318. The van der Waals surface area contributed by atoms with Crippen LogP contribution in [0.4, 0.5) is 0 Å². The highest BCUT2D eigenvalue weighted by Crippen LogP contribution is 2.31. The van der Waals surface area contributed by atoms with Crippen LogP contribution in [0.25, 0.3) is 0 Å². The van der Waals surface area contributed by atoms with Gasteiger partial charge in [0.25, 0.3) is 0 Å². The number of carbonyl (C=O) groups is 2. The molecule has 0 saturated heterocycles. The predicted molar refractivity (Wildman–Crippen MR) is 106 cm³/mol. The molecule has 2 nitrogen and oxygen atoms in total. The van der Waals surface area contributed by atoms with Gasteiger partial charge in [-0.15, -0.1) is 0 Å². The number of ketones is 2. The van der Waals surface area contributed by atoms with Crippen LogP contribution < -0.4 is 0 Å². The van der Waals surface area contributed by atoms with Crippen molar-refractivity contribution >= 4 is 33.2 Å². The Bertz CT molecular complexity index is 365. The maximum absolute atomic E-state index is 11.9. The maximum Gasteiger partial charge on any atom is 0.139 e. The second kappa shape index (κ2) is 10.8. The number of hydrogen-bond donors (Lipinski definition) is 0. The lowest BCUT2D eigenvalue weighted by molar-refractivity contribution is -0.125. The van der Waals surface area contributed by atoms with Gasteiger partial charge in [-0.25, -0.2) is 0 Å². The van der Waals surface area contributed by atoms with E-state index in [1.807, 2.05) is 31.6 Å². The molecular weight excluding hydrogens is 324 g/mol. The second-order valence-electron chi connectivity index (χ2n) is 8.64. The summed E-state index contributed by atoms with van der Waals surface area (Å²) in [5.41, 5.74) is 0.0981. The first-order chi connectivity index (χ1) is 10.4. The van der Waals surface area contributed by atoms with E-state index in [1.54, 1.807) is 10.8 Å². The molecule has 0 aliphatic heterocycles. The standard InChI is InChI=1S/C19H36O2S2/c1-15(23-22-14-12-17(21)19(5,6)7)10-11-16(20)9-8-13-18(2,3)4/h15H,8-14H2,1-7H3. The fourth-order valence-electron chi connectivity index (χ4n) is 2.03. The van der Waals surface area contributed by atoms with Crippen LogP contribution in [-0.2, 0) is 9.59 Å². The molecule has 0 aromatic carbocycles. The van der Waals surface area contributed by atoms with Gasteiger partial charge < -0.3 is 0 Å². The summed E-state index contributed by atoms with van der Waals surface area (Å²) in [6.07, 6.45) is 5.12. The summed E-state index contributed by atoms with van der Waals surface area (Å²) in [7, 11) is 3.57. The van der Waals surface area contributed by atoms with Gasteiger partial charge in [0.1, 0.15) is 11.6 Å². The monoisotopic (exact) mass is 360 g/mol. The molecule has 0 fully saturated rings. The highest BCUT2D eigenvalue weighted by molar-refractivity contribution is 8.76. The van der Waals surface area contributed by atoms with Crippen molar-refractivity contribution in [1.82, 2.24) is 0 Å². The van der Waals surface area contributed by atoms with E-state index in [9.17, 15) is 9.59 Å². The van der Waals surface area contributed by atoms with Crippen molar-refractivity contribution in [2.45, 2.75) is 92.2 Å². The average Bonchev–Trinajstić information content (AvgIpc) is 2.38. The molecule has 0 aliphatic rings. The molecule has 0 N–H and O–H groups in total. The Morgan fingerprint density at radius 2 is 1.57 bits per heavy atom. The molecule has 0 heterocycles. The zero-order chi connectivity index (χ0) is 18.1. The van der Waals surface area contributed by atoms with Crippen molar-refractivity contribution in [2.75, 3.05) is 5.75 Å². The summed E-state index contributed by atoms with van der Waals surface area (Å²) in [6.45, 7) is 14.8. The van der Waals surface area contributed by atoms with Crippen molar-refractivity contribution in [1.29, 1.82) is 0 Å². The van der Waals surface area contributed by atoms with Crippen LogP contribution in [0, 0.1) is 10.8 Å². The van der Waals surface area contributed by atoms with Crippen LogP contribution >= 0.6 is 21.6 Å². The second-order valence-corrected chi connectivity index (χ2v) is 11.6. The Kier molecular flexibility index (Phi) is 10.8. The summed E-state index contributed by atoms with van der Waals surface area (Å²) >= 11 is 0. The molecule has 1 unspecified atom stereocenters. The number of carbonyl (C=O) groups excluding carboxylic acids is 2. The van der Waals surface area contributed by atoms with Gasteiger partial charge >= 0.3 is 0 Å². The van der Waals surface area contributed by atoms with Crippen molar-refractivity contribution in [3.05, 3.63) is 0 Å². The van der Waals surface area contributed by atoms with E-state index in [0.717, 1.165) is 31.4 Å². The van der Waals surface area contributed by atoms with E-state index in [2.05, 4.69) is 27.7 Å². The number of hydrogen-bond acceptors (Lipinski definition) is 4. The normalized spacial score (nSPS) is 13.9. The van der Waals surface area contributed by atoms with Crippen LogP contribution in [0.15, 0.2) is 0 Å². The van der Waals surface area contributed by atoms with E-state index in [-0.39, 0.29) is 5.41 Å². The molecule has 0 amide bonds. The molecule has 0 spiro atoms. The smallest absolute Gasteiger partial charge is 0.139 e. The largest absolute Gasteiger partial charge is 0.300 e. The van der Waals surface area contributed by atoms with Gasteiger partial charge in [0.15, 0.2) is 0 Å². The van der Waals surface area contributed by atoms with Crippen molar-refractivity contribution in [3.63, 3.8) is 0 Å². The van der Waals surface area contributed by atoms with Crippen LogP contribution in [-0.4, -0.2) is 22.6 Å². The lowest BCUT2D eigenvalue weighted by atomic mass is 9.89. The summed E-state index contributed by atoms with van der Waals surface area (Å²) in [5, 5.41) is 0.469. The minimum Gasteiger partial charge on any atom is -0.300 e. The predicted octanol–water partition coefficient (Wildman–Crippen LogP) is 6.33. The molecule has 1 atom stereocenters. The molecule has 0 saturated carbocycles. The first-order valence-electron chi connectivity index (χ1n) is 8.75. The van der Waals surface area contributed by atoms with E-state index < -0.39 is 0 Å². The molecule has 0 radical (unpaired) electrons. The van der Waals surface area contributed by atoms with Gasteiger partial charge in [-0.1, -0.05) is 70.1 Å². The van der Waals surface area contributed by atoms with E-state index in [0.29, 0.717) is 35.1 Å². The van der Waals surface area contributed by atoms with Gasteiger partial charge in [0.05, 0.1) is 0 Å². The Balaban J connectivity index is 3.69. The minimum atomic E-state index is -0.226. The Morgan fingerprint density at radius 3 is 2.09 bits per heavy atom. The van der Waals surface area contributed by atoms with Gasteiger partial charge in [-0.05, 0) is 24.7 Å². The van der Waals surface area contributed by atoms with E-state index >= 15 is 0 Å². The number of rotatable bonds is 11. The van der Waals surface area contributed by atoms with Crippen LogP contribution in [0.2, 0.25) is 0 Å². The molecule has 0 aromatic heterocycles. The zero-order valence-corrected chi connectivity index (χ0v) is 17.8.